The van der Waals surface area contributed by atoms with Crippen LogP contribution in [0, 0.1) is 6.92 Å². The predicted octanol–water partition coefficient (Wildman–Crippen LogP) is 2.90. The molecule has 0 aliphatic carbocycles. The van der Waals surface area contributed by atoms with Crippen LogP contribution in [0.4, 0.5) is 0 Å². The molecule has 0 bridgehead atoms. The number of rotatable bonds is 6. The number of aryl methyl sites for hydroxylation is 1. The monoisotopic (exact) mass is 258 g/mol. The summed E-state index contributed by atoms with van der Waals surface area (Å²) in [5, 5.41) is 0.531. The lowest BCUT2D eigenvalue weighted by atomic mass is 10.2. The van der Waals surface area contributed by atoms with Crippen molar-refractivity contribution in [1.29, 1.82) is 0 Å². The average Bonchev–Trinajstić information content (AvgIpc) is 2.30. The molecule has 1 aromatic rings. The van der Waals surface area contributed by atoms with Gasteiger partial charge in [-0.15, -0.1) is 0 Å². The molecule has 0 aliphatic heterocycles. The first kappa shape index (κ1) is 14.2. The van der Waals surface area contributed by atoms with Crippen LogP contribution in [0.5, 0.6) is 5.75 Å². The molecule has 5 heteroatoms. The van der Waals surface area contributed by atoms with E-state index in [2.05, 4.69) is 0 Å². The fourth-order valence-electron chi connectivity index (χ4n) is 1.51. The number of hydrogen-bond donors (Lipinski definition) is 0. The third kappa shape index (κ3) is 3.32. The van der Waals surface area contributed by atoms with E-state index in [4.69, 9.17) is 13.8 Å². The van der Waals surface area contributed by atoms with Gasteiger partial charge in [-0.25, -0.2) is 0 Å². The molecular weight excluding hydrogens is 239 g/mol. The van der Waals surface area contributed by atoms with E-state index in [-0.39, 0.29) is 0 Å². The minimum absolute atomic E-state index is 0.341. The molecular formula is C12H19O4P. The van der Waals surface area contributed by atoms with Crippen LogP contribution in [-0.4, -0.2) is 20.3 Å². The zero-order chi connectivity index (χ0) is 12.9. The van der Waals surface area contributed by atoms with Crippen molar-refractivity contribution in [2.45, 2.75) is 20.8 Å². The molecule has 0 saturated carbocycles. The van der Waals surface area contributed by atoms with Crippen molar-refractivity contribution >= 4 is 12.9 Å². The summed E-state index contributed by atoms with van der Waals surface area (Å²) >= 11 is 0. The number of benzene rings is 1. The van der Waals surface area contributed by atoms with Gasteiger partial charge >= 0.3 is 7.60 Å². The van der Waals surface area contributed by atoms with Gasteiger partial charge in [0, 0.05) is 0 Å². The molecule has 0 heterocycles. The lowest BCUT2D eigenvalue weighted by Crippen LogP contribution is -2.11. The number of methoxy groups -OCH3 is 1. The number of hydrogen-bond acceptors (Lipinski definition) is 4. The quantitative estimate of drug-likeness (QED) is 0.736. The summed E-state index contributed by atoms with van der Waals surface area (Å²) in [7, 11) is -1.63. The molecule has 0 N–H and O–H groups in total. The number of ether oxygens (including phenoxy) is 1. The van der Waals surface area contributed by atoms with Crippen molar-refractivity contribution in [2.75, 3.05) is 20.3 Å². The van der Waals surface area contributed by atoms with E-state index < -0.39 is 7.60 Å². The molecule has 0 spiro atoms. The van der Waals surface area contributed by atoms with Gasteiger partial charge < -0.3 is 13.8 Å². The first-order valence-corrected chi connectivity index (χ1v) is 7.16. The minimum Gasteiger partial charge on any atom is -0.496 e. The van der Waals surface area contributed by atoms with Crippen LogP contribution in [0.3, 0.4) is 0 Å². The summed E-state index contributed by atoms with van der Waals surface area (Å²) in [6.45, 7) is 6.18. The Hall–Kier alpha value is -0.830. The Morgan fingerprint density at radius 3 is 2.24 bits per heavy atom. The molecule has 0 saturated heterocycles. The molecule has 0 unspecified atom stereocenters. The molecule has 17 heavy (non-hydrogen) atoms. The Labute approximate surface area is 102 Å². The van der Waals surface area contributed by atoms with Crippen molar-refractivity contribution in [3.63, 3.8) is 0 Å². The molecule has 1 aromatic carbocycles. The molecule has 4 nitrogen and oxygen atoms in total. The van der Waals surface area contributed by atoms with E-state index in [9.17, 15) is 4.57 Å². The van der Waals surface area contributed by atoms with E-state index in [1.165, 1.54) is 0 Å². The molecule has 0 aliphatic rings. The third-order valence-corrected chi connectivity index (χ3v) is 4.41. The second-order valence-corrected chi connectivity index (χ2v) is 5.51. The van der Waals surface area contributed by atoms with E-state index in [1.54, 1.807) is 33.1 Å². The first-order valence-electron chi connectivity index (χ1n) is 5.61. The van der Waals surface area contributed by atoms with Gasteiger partial charge in [0.1, 0.15) is 5.75 Å². The van der Waals surface area contributed by atoms with Crippen LogP contribution in [0.15, 0.2) is 18.2 Å². The normalized spacial score (nSPS) is 11.5. The standard InChI is InChI=1S/C12H19O4P/c1-5-15-17(13,16-6-2)11-8-7-10(3)12(9-11)14-4/h7-9H,5-6H2,1-4H3. The summed E-state index contributed by atoms with van der Waals surface area (Å²) in [5.74, 6) is 0.683. The Morgan fingerprint density at radius 1 is 1.18 bits per heavy atom. The van der Waals surface area contributed by atoms with Crippen LogP contribution in [0.25, 0.3) is 0 Å². The van der Waals surface area contributed by atoms with Crippen molar-refractivity contribution < 1.29 is 18.3 Å². The largest absolute Gasteiger partial charge is 0.496 e. The van der Waals surface area contributed by atoms with Gasteiger partial charge in [0.15, 0.2) is 0 Å². The second-order valence-electron chi connectivity index (χ2n) is 3.49. The summed E-state index contributed by atoms with van der Waals surface area (Å²) in [6.07, 6.45) is 0. The first-order chi connectivity index (χ1) is 8.07. The molecule has 0 fully saturated rings. The van der Waals surface area contributed by atoms with Crippen molar-refractivity contribution in [1.82, 2.24) is 0 Å². The Morgan fingerprint density at radius 2 is 1.76 bits per heavy atom. The van der Waals surface area contributed by atoms with Crippen LogP contribution in [-0.2, 0) is 13.6 Å². The zero-order valence-electron chi connectivity index (χ0n) is 10.7. The molecule has 1 rings (SSSR count). The van der Waals surface area contributed by atoms with Gasteiger partial charge in [-0.2, -0.15) is 0 Å². The summed E-state index contributed by atoms with van der Waals surface area (Å²) < 4.78 is 28.2. The molecule has 0 radical (unpaired) electrons. The Kier molecular flexibility index (Phi) is 5.19. The maximum absolute atomic E-state index is 12.5. The predicted molar refractivity (Wildman–Crippen MR) is 68.2 cm³/mol. The second kappa shape index (κ2) is 6.20. The highest BCUT2D eigenvalue weighted by Gasteiger charge is 2.27. The maximum atomic E-state index is 12.5. The maximum Gasteiger partial charge on any atom is 0.361 e. The van der Waals surface area contributed by atoms with Crippen molar-refractivity contribution in [3.05, 3.63) is 23.8 Å². The minimum atomic E-state index is -3.21. The highest BCUT2D eigenvalue weighted by molar-refractivity contribution is 7.62. The van der Waals surface area contributed by atoms with E-state index in [0.717, 1.165) is 5.56 Å². The van der Waals surface area contributed by atoms with E-state index >= 15 is 0 Å². The third-order valence-electron chi connectivity index (χ3n) is 2.31. The smallest absolute Gasteiger partial charge is 0.361 e. The fourth-order valence-corrected chi connectivity index (χ4v) is 3.09. The van der Waals surface area contributed by atoms with Crippen molar-refractivity contribution in [2.24, 2.45) is 0 Å². The Bertz CT molecular complexity index is 407. The van der Waals surface area contributed by atoms with Gasteiger partial charge in [-0.3, -0.25) is 4.57 Å². The topological polar surface area (TPSA) is 44.8 Å². The van der Waals surface area contributed by atoms with Gasteiger partial charge in [0.25, 0.3) is 0 Å². The van der Waals surface area contributed by atoms with E-state index in [0.29, 0.717) is 24.3 Å². The molecule has 0 amide bonds. The molecule has 0 aromatic heterocycles. The van der Waals surface area contributed by atoms with Crippen molar-refractivity contribution in [3.8, 4) is 5.75 Å². The van der Waals surface area contributed by atoms with Gasteiger partial charge in [0.05, 0.1) is 25.6 Å². The van der Waals surface area contributed by atoms with Gasteiger partial charge in [0.2, 0.25) is 0 Å². The van der Waals surface area contributed by atoms with Crippen LogP contribution >= 0.6 is 7.60 Å². The highest BCUT2D eigenvalue weighted by atomic mass is 31.2. The van der Waals surface area contributed by atoms with E-state index in [1.807, 2.05) is 13.0 Å². The zero-order valence-corrected chi connectivity index (χ0v) is 11.6. The average molecular weight is 258 g/mol. The van der Waals surface area contributed by atoms with Crippen LogP contribution in [0.1, 0.15) is 19.4 Å². The molecule has 0 atom stereocenters. The molecule has 96 valence electrons. The lowest BCUT2D eigenvalue weighted by Gasteiger charge is -2.18. The lowest BCUT2D eigenvalue weighted by molar-refractivity contribution is 0.230. The fraction of sp³-hybridized carbons (Fsp3) is 0.500. The Balaban J connectivity index is 3.14. The highest BCUT2D eigenvalue weighted by Crippen LogP contribution is 2.47. The van der Waals surface area contributed by atoms with Gasteiger partial charge in [-0.05, 0) is 38.5 Å². The summed E-state index contributed by atoms with van der Waals surface area (Å²) in [4.78, 5) is 0. The summed E-state index contributed by atoms with van der Waals surface area (Å²) in [5.41, 5.74) is 0.982. The SMILES string of the molecule is CCOP(=O)(OCC)c1ccc(C)c(OC)c1. The van der Waals surface area contributed by atoms with Crippen LogP contribution < -0.4 is 10.0 Å². The van der Waals surface area contributed by atoms with Crippen LogP contribution in [0.2, 0.25) is 0 Å². The van der Waals surface area contributed by atoms with Gasteiger partial charge in [-0.1, -0.05) is 6.07 Å². The summed E-state index contributed by atoms with van der Waals surface area (Å²) in [6, 6.07) is 5.31.